The molecular formula is C17H17FN6O2. The first kappa shape index (κ1) is 16.4. The quantitative estimate of drug-likeness (QED) is 0.713. The van der Waals surface area contributed by atoms with E-state index >= 15 is 4.39 Å². The highest BCUT2D eigenvalue weighted by atomic mass is 19.1. The number of pyridine rings is 1. The van der Waals surface area contributed by atoms with Gasteiger partial charge in [0.2, 0.25) is 11.5 Å². The average molecular weight is 356 g/mol. The molecule has 8 nitrogen and oxygen atoms in total. The van der Waals surface area contributed by atoms with Crippen molar-refractivity contribution in [2.24, 2.45) is 7.05 Å². The van der Waals surface area contributed by atoms with Gasteiger partial charge in [0.25, 0.3) is 11.8 Å². The number of alkyl halides is 1. The number of carbonyl (C=O) groups excluding carboxylic acids is 1. The minimum Gasteiger partial charge on any atom is -0.335 e. The van der Waals surface area contributed by atoms with Gasteiger partial charge in [-0.2, -0.15) is 10.1 Å². The van der Waals surface area contributed by atoms with E-state index in [4.69, 9.17) is 4.52 Å². The van der Waals surface area contributed by atoms with Crippen LogP contribution >= 0.6 is 0 Å². The maximum atomic E-state index is 15.5. The van der Waals surface area contributed by atoms with E-state index in [0.29, 0.717) is 24.1 Å². The number of aryl methyl sites for hydroxylation is 1. The van der Waals surface area contributed by atoms with Gasteiger partial charge in [-0.3, -0.25) is 14.5 Å². The summed E-state index contributed by atoms with van der Waals surface area (Å²) >= 11 is 0. The van der Waals surface area contributed by atoms with Crippen LogP contribution < -0.4 is 0 Å². The minimum absolute atomic E-state index is 0.111. The minimum atomic E-state index is -1.87. The summed E-state index contributed by atoms with van der Waals surface area (Å²) in [4.78, 5) is 22.3. The molecule has 4 rings (SSSR count). The molecule has 0 saturated carbocycles. The number of likely N-dealkylation sites (tertiary alicyclic amines) is 1. The van der Waals surface area contributed by atoms with Crippen molar-refractivity contribution in [2.45, 2.75) is 18.5 Å². The SMILES string of the molecule is Cn1cc(C(=O)N2CCCC(F)(c3nc(-c4cccnc4)no3)C2)cn1. The Morgan fingerprint density at radius 2 is 2.27 bits per heavy atom. The molecule has 3 aromatic rings. The van der Waals surface area contributed by atoms with Crippen molar-refractivity contribution in [3.8, 4) is 11.4 Å². The lowest BCUT2D eigenvalue weighted by Gasteiger charge is -2.34. The fraction of sp³-hybridized carbons (Fsp3) is 0.353. The molecule has 0 aromatic carbocycles. The van der Waals surface area contributed by atoms with E-state index in [1.807, 2.05) is 0 Å². The van der Waals surface area contributed by atoms with Crippen molar-refractivity contribution in [1.29, 1.82) is 0 Å². The third-order valence-corrected chi connectivity index (χ3v) is 4.41. The van der Waals surface area contributed by atoms with Crippen LogP contribution in [0.3, 0.4) is 0 Å². The highest BCUT2D eigenvalue weighted by Gasteiger charge is 2.44. The van der Waals surface area contributed by atoms with Crippen molar-refractivity contribution < 1.29 is 13.7 Å². The highest BCUT2D eigenvalue weighted by Crippen LogP contribution is 2.36. The Morgan fingerprint density at radius 3 is 3.00 bits per heavy atom. The van der Waals surface area contributed by atoms with Gasteiger partial charge in [-0.25, -0.2) is 4.39 Å². The predicted octanol–water partition coefficient (Wildman–Crippen LogP) is 1.97. The monoisotopic (exact) mass is 356 g/mol. The summed E-state index contributed by atoms with van der Waals surface area (Å²) < 4.78 is 22.3. The number of carbonyl (C=O) groups is 1. The van der Waals surface area contributed by atoms with Gasteiger partial charge < -0.3 is 9.42 Å². The first-order valence-corrected chi connectivity index (χ1v) is 8.27. The van der Waals surface area contributed by atoms with Crippen molar-refractivity contribution in [2.75, 3.05) is 13.1 Å². The smallest absolute Gasteiger partial charge is 0.266 e. The van der Waals surface area contributed by atoms with Crippen LogP contribution in [0.4, 0.5) is 4.39 Å². The number of rotatable bonds is 3. The second-order valence-electron chi connectivity index (χ2n) is 6.36. The largest absolute Gasteiger partial charge is 0.335 e. The van der Waals surface area contributed by atoms with Crippen LogP contribution in [0, 0.1) is 0 Å². The van der Waals surface area contributed by atoms with Crippen LogP contribution in [-0.2, 0) is 12.7 Å². The molecule has 0 spiro atoms. The molecule has 26 heavy (non-hydrogen) atoms. The van der Waals surface area contributed by atoms with Crippen LogP contribution in [0.1, 0.15) is 29.1 Å². The van der Waals surface area contributed by atoms with E-state index in [1.165, 1.54) is 15.8 Å². The third-order valence-electron chi connectivity index (χ3n) is 4.41. The number of hydrogen-bond donors (Lipinski definition) is 0. The maximum Gasteiger partial charge on any atom is 0.266 e. The lowest BCUT2D eigenvalue weighted by atomic mass is 9.94. The molecule has 0 bridgehead atoms. The first-order chi connectivity index (χ1) is 12.5. The maximum absolute atomic E-state index is 15.5. The van der Waals surface area contributed by atoms with Gasteiger partial charge in [-0.15, -0.1) is 0 Å². The van der Waals surface area contributed by atoms with Gasteiger partial charge in [-0.1, -0.05) is 5.16 Å². The number of hydrogen-bond acceptors (Lipinski definition) is 6. The zero-order valence-corrected chi connectivity index (χ0v) is 14.2. The molecule has 1 saturated heterocycles. The topological polar surface area (TPSA) is 89.9 Å². The summed E-state index contributed by atoms with van der Waals surface area (Å²) in [6.45, 7) is 0.346. The lowest BCUT2D eigenvalue weighted by molar-refractivity contribution is 0.0152. The number of aromatic nitrogens is 5. The van der Waals surface area contributed by atoms with Crippen LogP contribution in [0.5, 0.6) is 0 Å². The molecule has 0 N–H and O–H groups in total. The molecule has 134 valence electrons. The van der Waals surface area contributed by atoms with Crippen LogP contribution in [-0.4, -0.2) is 48.8 Å². The number of amides is 1. The fourth-order valence-electron chi connectivity index (χ4n) is 3.09. The molecule has 4 heterocycles. The van der Waals surface area contributed by atoms with E-state index in [9.17, 15) is 4.79 Å². The number of piperidine rings is 1. The van der Waals surface area contributed by atoms with Crippen LogP contribution in [0.2, 0.25) is 0 Å². The molecule has 1 unspecified atom stereocenters. The van der Waals surface area contributed by atoms with Gasteiger partial charge in [0.05, 0.1) is 18.3 Å². The molecular weight excluding hydrogens is 339 g/mol. The Morgan fingerprint density at radius 1 is 1.38 bits per heavy atom. The summed E-state index contributed by atoms with van der Waals surface area (Å²) in [6, 6.07) is 3.51. The zero-order chi connectivity index (χ0) is 18.1. The first-order valence-electron chi connectivity index (χ1n) is 8.27. The molecule has 1 amide bonds. The van der Waals surface area contributed by atoms with Crippen molar-refractivity contribution in [1.82, 2.24) is 29.8 Å². The average Bonchev–Trinajstić information content (AvgIpc) is 3.32. The Bertz CT molecular complexity index is 924. The van der Waals surface area contributed by atoms with E-state index in [-0.39, 0.29) is 30.6 Å². The summed E-state index contributed by atoms with van der Waals surface area (Å²) in [7, 11) is 1.73. The van der Waals surface area contributed by atoms with Gasteiger partial charge in [-0.05, 0) is 25.0 Å². The Balaban J connectivity index is 1.56. The molecule has 9 heteroatoms. The molecule has 0 radical (unpaired) electrons. The summed E-state index contributed by atoms with van der Waals surface area (Å²) in [6.07, 6.45) is 7.03. The third kappa shape index (κ3) is 2.96. The molecule has 3 aromatic heterocycles. The number of halogens is 1. The standard InChI is InChI=1S/C17H17FN6O2/c1-23-10-13(9-20-23)15(25)24-7-3-5-17(18,11-24)16-21-14(22-26-16)12-4-2-6-19-8-12/h2,4,6,8-10H,3,5,7,11H2,1H3. The molecule has 1 fully saturated rings. The molecule has 1 aliphatic heterocycles. The highest BCUT2D eigenvalue weighted by molar-refractivity contribution is 5.93. The van der Waals surface area contributed by atoms with E-state index < -0.39 is 5.67 Å². The predicted molar refractivity (Wildman–Crippen MR) is 88.7 cm³/mol. The van der Waals surface area contributed by atoms with Gasteiger partial charge in [0, 0.05) is 37.7 Å². The zero-order valence-electron chi connectivity index (χ0n) is 14.2. The van der Waals surface area contributed by atoms with Crippen molar-refractivity contribution in [3.05, 3.63) is 48.4 Å². The van der Waals surface area contributed by atoms with Crippen molar-refractivity contribution >= 4 is 5.91 Å². The number of nitrogens with zero attached hydrogens (tertiary/aromatic N) is 6. The fourth-order valence-corrected chi connectivity index (χ4v) is 3.09. The van der Waals surface area contributed by atoms with Gasteiger partial charge >= 0.3 is 0 Å². The summed E-state index contributed by atoms with van der Waals surface area (Å²) in [5, 5.41) is 7.85. The summed E-state index contributed by atoms with van der Waals surface area (Å²) in [5.74, 6) is -0.0901. The second-order valence-corrected chi connectivity index (χ2v) is 6.36. The Kier molecular flexibility index (Phi) is 3.98. The van der Waals surface area contributed by atoms with Crippen LogP contribution in [0.25, 0.3) is 11.4 Å². The van der Waals surface area contributed by atoms with Gasteiger partial charge in [0.15, 0.2) is 0 Å². The van der Waals surface area contributed by atoms with Crippen molar-refractivity contribution in [3.63, 3.8) is 0 Å². The van der Waals surface area contributed by atoms with E-state index in [0.717, 1.165) is 0 Å². The molecule has 1 aliphatic rings. The summed E-state index contributed by atoms with van der Waals surface area (Å²) in [5.41, 5.74) is -0.799. The van der Waals surface area contributed by atoms with E-state index in [2.05, 4.69) is 20.2 Å². The van der Waals surface area contributed by atoms with E-state index in [1.54, 1.807) is 37.8 Å². The Hall–Kier alpha value is -3.10. The van der Waals surface area contributed by atoms with Crippen LogP contribution in [0.15, 0.2) is 41.4 Å². The lowest BCUT2D eigenvalue weighted by Crippen LogP contribution is -2.46. The van der Waals surface area contributed by atoms with Gasteiger partial charge in [0.1, 0.15) is 0 Å². The second kappa shape index (κ2) is 6.32. The Labute approximate surface area is 148 Å². The molecule has 0 aliphatic carbocycles. The molecule has 1 atom stereocenters. The normalized spacial score (nSPS) is 20.3.